The molecule has 1 aromatic heterocycles. The number of anilines is 1. The van der Waals surface area contributed by atoms with E-state index in [1.54, 1.807) is 12.1 Å². The molecule has 0 amide bonds. The van der Waals surface area contributed by atoms with Crippen molar-refractivity contribution in [3.05, 3.63) is 105 Å². The molecule has 1 aliphatic rings. The van der Waals surface area contributed by atoms with Crippen molar-refractivity contribution in [2.24, 2.45) is 0 Å². The number of fused-ring (bicyclic) bond motifs is 1. The maximum Gasteiger partial charge on any atom is 0.178 e. The molecule has 0 radical (unpaired) electrons. The third-order valence-electron chi connectivity index (χ3n) is 8.45. The second-order valence-electron chi connectivity index (χ2n) is 11.8. The molecule has 0 spiro atoms. The molecular weight excluding hydrogens is 804 g/mol. The van der Waals surface area contributed by atoms with Crippen LogP contribution in [0, 0.1) is 3.57 Å². The Morgan fingerprint density at radius 1 is 1.00 bits per heavy atom. The zero-order valence-corrected chi connectivity index (χ0v) is 31.4. The van der Waals surface area contributed by atoms with Gasteiger partial charge in [-0.1, -0.05) is 63.2 Å². The van der Waals surface area contributed by atoms with E-state index in [-0.39, 0.29) is 5.75 Å². The van der Waals surface area contributed by atoms with E-state index in [0.717, 1.165) is 87.1 Å². The molecule has 4 aromatic rings. The van der Waals surface area contributed by atoms with Crippen LogP contribution in [0.5, 0.6) is 0 Å². The molecule has 1 aliphatic heterocycles. The molecule has 1 unspecified atom stereocenters. The summed E-state index contributed by atoms with van der Waals surface area (Å²) < 4.78 is 29.8. The lowest BCUT2D eigenvalue weighted by Gasteiger charge is -2.27. The highest BCUT2D eigenvalue weighted by Gasteiger charge is 2.20. The van der Waals surface area contributed by atoms with Crippen LogP contribution in [0.25, 0.3) is 28.0 Å². The first-order valence-electron chi connectivity index (χ1n) is 15.7. The Hall–Kier alpha value is -2.44. The molecule has 5 rings (SSSR count). The van der Waals surface area contributed by atoms with Gasteiger partial charge in [0.2, 0.25) is 0 Å². The van der Waals surface area contributed by atoms with E-state index < -0.39 is 9.84 Å². The highest BCUT2D eigenvalue weighted by Crippen LogP contribution is 2.36. The van der Waals surface area contributed by atoms with E-state index in [9.17, 15) is 8.42 Å². The highest BCUT2D eigenvalue weighted by atomic mass is 127. The monoisotopic (exact) mass is 845 g/mol. The Labute approximate surface area is 296 Å². The van der Waals surface area contributed by atoms with Gasteiger partial charge in [-0.15, -0.1) is 0 Å². The fourth-order valence-electron chi connectivity index (χ4n) is 6.02. The molecule has 5 nitrogen and oxygen atoms in total. The standard InChI is InChI=1S/C37H41I2N3O2S/c1-5-9-25(3)41-31-12-7-10-27(20-31)11-8-19-45(43,44)32-14-16-34(36(38)23-32)30-22-35(37(6-2)40-24-30)28-13-15-33-26(4)42(39)18-17-29(33)21-28/h7,10,12-16,20-25,41H,4-6,8-9,11,17-19H2,1-3H3. The Balaban J connectivity index is 1.31. The van der Waals surface area contributed by atoms with Crippen LogP contribution in [0.15, 0.2) is 84.4 Å². The van der Waals surface area contributed by atoms with Crippen molar-refractivity contribution < 1.29 is 8.42 Å². The number of aromatic nitrogens is 1. The van der Waals surface area contributed by atoms with Crippen LogP contribution in [0.3, 0.4) is 0 Å². The van der Waals surface area contributed by atoms with Crippen molar-refractivity contribution in [3.63, 3.8) is 0 Å². The minimum absolute atomic E-state index is 0.114. The molecule has 2 heterocycles. The molecule has 1 atom stereocenters. The van der Waals surface area contributed by atoms with Crippen molar-refractivity contribution in [3.8, 4) is 22.3 Å². The molecule has 8 heteroatoms. The lowest BCUT2D eigenvalue weighted by Crippen LogP contribution is -2.19. The number of hydrogen-bond acceptors (Lipinski definition) is 5. The number of hydrogen-bond donors (Lipinski definition) is 1. The quantitative estimate of drug-likeness (QED) is 0.114. The van der Waals surface area contributed by atoms with Crippen LogP contribution in [-0.4, -0.2) is 34.9 Å². The summed E-state index contributed by atoms with van der Waals surface area (Å²) in [6, 6.07) is 23.1. The first kappa shape index (κ1) is 33.9. The van der Waals surface area contributed by atoms with Crippen molar-refractivity contribution in [2.75, 3.05) is 17.6 Å². The minimum Gasteiger partial charge on any atom is -0.383 e. The number of nitrogens with one attached hydrogen (secondary N) is 1. The van der Waals surface area contributed by atoms with Gasteiger partial charge in [0.25, 0.3) is 0 Å². The summed E-state index contributed by atoms with van der Waals surface area (Å²) in [7, 11) is -3.41. The molecule has 45 heavy (non-hydrogen) atoms. The molecule has 0 aliphatic carbocycles. The number of aryl methyl sites for hydroxylation is 2. The highest BCUT2D eigenvalue weighted by molar-refractivity contribution is 14.1. The Morgan fingerprint density at radius 3 is 2.56 bits per heavy atom. The second kappa shape index (κ2) is 15.0. The number of halogens is 2. The van der Waals surface area contributed by atoms with Gasteiger partial charge in [-0.25, -0.2) is 8.42 Å². The molecular formula is C37H41I2N3O2S. The first-order chi connectivity index (χ1) is 21.6. The van der Waals surface area contributed by atoms with Gasteiger partial charge in [0.05, 0.1) is 33.5 Å². The third kappa shape index (κ3) is 8.11. The number of sulfone groups is 1. The molecule has 0 saturated carbocycles. The normalized spacial score (nSPS) is 13.9. The SMILES string of the molecule is C=C1c2ccc(-c3cc(-c4ccc(S(=O)(=O)CCCc5cccc(NC(C)CCC)c5)cc4I)cnc3CC)cc2CCN1I. The van der Waals surface area contributed by atoms with Gasteiger partial charge in [0.15, 0.2) is 9.84 Å². The van der Waals surface area contributed by atoms with E-state index in [1.807, 2.05) is 18.3 Å². The number of rotatable bonds is 12. The van der Waals surface area contributed by atoms with Crippen LogP contribution in [0.4, 0.5) is 5.69 Å². The van der Waals surface area contributed by atoms with Crippen molar-refractivity contribution in [2.45, 2.75) is 70.2 Å². The van der Waals surface area contributed by atoms with Gasteiger partial charge in [0.1, 0.15) is 0 Å². The lowest BCUT2D eigenvalue weighted by molar-refractivity contribution is 0.593. The van der Waals surface area contributed by atoms with Gasteiger partial charge in [-0.3, -0.25) is 4.98 Å². The van der Waals surface area contributed by atoms with Crippen molar-refractivity contribution in [1.29, 1.82) is 0 Å². The summed E-state index contributed by atoms with van der Waals surface area (Å²) in [5, 5.41) is 3.55. The Kier molecular flexibility index (Phi) is 11.3. The van der Waals surface area contributed by atoms with Crippen molar-refractivity contribution in [1.82, 2.24) is 8.10 Å². The molecule has 3 aromatic carbocycles. The Bertz CT molecular complexity index is 1810. The first-order valence-corrected chi connectivity index (χ1v) is 19.4. The zero-order chi connectivity index (χ0) is 32.1. The van der Waals surface area contributed by atoms with E-state index >= 15 is 0 Å². The maximum atomic E-state index is 13.4. The predicted molar refractivity (Wildman–Crippen MR) is 205 cm³/mol. The lowest BCUT2D eigenvalue weighted by atomic mass is 9.92. The molecule has 0 bridgehead atoms. The van der Waals surface area contributed by atoms with Gasteiger partial charge < -0.3 is 8.43 Å². The molecule has 1 N–H and O–H groups in total. The van der Waals surface area contributed by atoms with Crippen LogP contribution in [-0.2, 0) is 29.1 Å². The van der Waals surface area contributed by atoms with Crippen LogP contribution in [0.2, 0.25) is 0 Å². The van der Waals surface area contributed by atoms with Gasteiger partial charge in [0, 0.05) is 56.1 Å². The van der Waals surface area contributed by atoms with E-state index in [4.69, 9.17) is 4.98 Å². The summed E-state index contributed by atoms with van der Waals surface area (Å²) in [5.41, 5.74) is 11.1. The molecule has 0 saturated heterocycles. The maximum absolute atomic E-state index is 13.4. The molecule has 0 fully saturated rings. The number of pyridine rings is 1. The van der Waals surface area contributed by atoms with Gasteiger partial charge >= 0.3 is 0 Å². The van der Waals surface area contributed by atoms with Crippen LogP contribution in [0.1, 0.15) is 62.4 Å². The average Bonchev–Trinajstić information content (AvgIpc) is 3.02. The Morgan fingerprint density at radius 2 is 1.80 bits per heavy atom. The van der Waals surface area contributed by atoms with Crippen LogP contribution >= 0.6 is 45.5 Å². The van der Waals surface area contributed by atoms with E-state index in [0.29, 0.717) is 17.4 Å². The minimum atomic E-state index is -3.41. The summed E-state index contributed by atoms with van der Waals surface area (Å²) >= 11 is 4.59. The average molecular weight is 846 g/mol. The topological polar surface area (TPSA) is 62.3 Å². The summed E-state index contributed by atoms with van der Waals surface area (Å²) in [4.78, 5) is 5.22. The fourth-order valence-corrected chi connectivity index (χ4v) is 8.89. The smallest absolute Gasteiger partial charge is 0.178 e. The largest absolute Gasteiger partial charge is 0.383 e. The zero-order valence-electron chi connectivity index (χ0n) is 26.2. The summed E-state index contributed by atoms with van der Waals surface area (Å²) in [6.07, 6.45) is 7.27. The third-order valence-corrected chi connectivity index (χ3v) is 12.2. The fraction of sp³-hybridized carbons (Fsp3) is 0.324. The van der Waals surface area contributed by atoms with Gasteiger partial charge in [-0.2, -0.15) is 0 Å². The van der Waals surface area contributed by atoms with E-state index in [1.165, 1.54) is 11.1 Å². The summed E-state index contributed by atoms with van der Waals surface area (Å²) in [6.45, 7) is 11.7. The summed E-state index contributed by atoms with van der Waals surface area (Å²) in [5.74, 6) is 0.114. The van der Waals surface area contributed by atoms with Gasteiger partial charge in [-0.05, 0) is 114 Å². The number of nitrogens with zero attached hydrogens (tertiary/aromatic N) is 2. The van der Waals surface area contributed by atoms with Crippen LogP contribution < -0.4 is 5.32 Å². The van der Waals surface area contributed by atoms with E-state index in [2.05, 4.69) is 124 Å². The van der Waals surface area contributed by atoms with Crippen molar-refractivity contribution >= 4 is 66.7 Å². The molecule has 236 valence electrons. The second-order valence-corrected chi connectivity index (χ2v) is 16.3. The predicted octanol–water partition coefficient (Wildman–Crippen LogP) is 9.77. The number of benzene rings is 3.